The van der Waals surface area contributed by atoms with Gasteiger partial charge in [-0.15, -0.1) is 6.58 Å². The van der Waals surface area contributed by atoms with Gasteiger partial charge in [0.1, 0.15) is 13.7 Å². The summed E-state index contributed by atoms with van der Waals surface area (Å²) in [7, 11) is -0.902. The maximum absolute atomic E-state index is 11.5. The Morgan fingerprint density at radius 2 is 1.76 bits per heavy atom. The highest BCUT2D eigenvalue weighted by Gasteiger charge is 2.30. The maximum Gasteiger partial charge on any atom is 0.333 e. The van der Waals surface area contributed by atoms with Gasteiger partial charge >= 0.3 is 11.9 Å². The first kappa shape index (κ1) is 23.3. The SMILES string of the molecule is C=CC(=O)OP(C)/C=C/CCC(C=C)CC(C)C(C)(C)OC(=O)C=C. The molecule has 0 fully saturated rings. The number of hydrogen-bond donors (Lipinski definition) is 0. The Hall–Kier alpha value is -1.67. The molecule has 0 aromatic heterocycles. The van der Waals surface area contributed by atoms with Crippen LogP contribution in [-0.4, -0.2) is 24.2 Å². The lowest BCUT2D eigenvalue weighted by molar-refractivity contribution is -0.155. The van der Waals surface area contributed by atoms with Gasteiger partial charge in [0.25, 0.3) is 0 Å². The zero-order valence-electron chi connectivity index (χ0n) is 15.9. The van der Waals surface area contributed by atoms with Crippen LogP contribution >= 0.6 is 8.15 Å². The van der Waals surface area contributed by atoms with Crippen molar-refractivity contribution in [3.05, 3.63) is 49.9 Å². The molecule has 5 heteroatoms. The van der Waals surface area contributed by atoms with E-state index in [1.807, 2.05) is 38.5 Å². The average molecular weight is 366 g/mol. The molecule has 0 amide bonds. The molecule has 3 unspecified atom stereocenters. The Balaban J connectivity index is 4.44. The Morgan fingerprint density at radius 1 is 1.16 bits per heavy atom. The molecule has 0 radical (unpaired) electrons. The van der Waals surface area contributed by atoms with Crippen molar-refractivity contribution in [3.63, 3.8) is 0 Å². The predicted octanol–water partition coefficient (Wildman–Crippen LogP) is 5.37. The summed E-state index contributed by atoms with van der Waals surface area (Å²) in [6, 6.07) is 0. The van der Waals surface area contributed by atoms with Crippen molar-refractivity contribution < 1.29 is 18.8 Å². The van der Waals surface area contributed by atoms with E-state index in [1.165, 1.54) is 12.2 Å². The van der Waals surface area contributed by atoms with Crippen molar-refractivity contribution in [1.82, 2.24) is 0 Å². The topological polar surface area (TPSA) is 52.6 Å². The monoisotopic (exact) mass is 366 g/mol. The van der Waals surface area contributed by atoms with E-state index in [0.29, 0.717) is 5.92 Å². The summed E-state index contributed by atoms with van der Waals surface area (Å²) in [6.07, 6.45) is 9.02. The number of hydrogen-bond acceptors (Lipinski definition) is 4. The molecule has 0 bridgehead atoms. The molecule has 0 saturated heterocycles. The Kier molecular flexibility index (Phi) is 11.0. The highest BCUT2D eigenvalue weighted by atomic mass is 31.1. The van der Waals surface area contributed by atoms with Crippen molar-refractivity contribution in [2.75, 3.05) is 6.66 Å². The van der Waals surface area contributed by atoms with Crippen molar-refractivity contribution in [2.45, 2.75) is 45.6 Å². The van der Waals surface area contributed by atoms with Crippen LogP contribution in [0.1, 0.15) is 40.0 Å². The first-order valence-corrected chi connectivity index (χ1v) is 10.2. The average Bonchev–Trinajstić information content (AvgIpc) is 2.56. The molecule has 3 atom stereocenters. The van der Waals surface area contributed by atoms with Crippen LogP contribution in [0.2, 0.25) is 0 Å². The Bertz CT molecular complexity index is 508. The summed E-state index contributed by atoms with van der Waals surface area (Å²) >= 11 is 0. The minimum Gasteiger partial charge on any atom is -0.456 e. The van der Waals surface area contributed by atoms with Crippen LogP contribution in [0.15, 0.2) is 49.9 Å². The second kappa shape index (κ2) is 11.8. The van der Waals surface area contributed by atoms with Crippen LogP contribution in [-0.2, 0) is 18.8 Å². The fraction of sp³-hybridized carbons (Fsp3) is 0.500. The highest BCUT2D eigenvalue weighted by Crippen LogP contribution is 2.34. The summed E-state index contributed by atoms with van der Waals surface area (Å²) in [5.74, 6) is 1.63. The van der Waals surface area contributed by atoms with Crippen LogP contribution in [0.4, 0.5) is 0 Å². The molecule has 4 nitrogen and oxygen atoms in total. The zero-order valence-corrected chi connectivity index (χ0v) is 16.8. The van der Waals surface area contributed by atoms with E-state index in [-0.39, 0.29) is 5.92 Å². The minimum absolute atomic E-state index is 0.181. The van der Waals surface area contributed by atoms with Crippen LogP contribution in [0.25, 0.3) is 0 Å². The van der Waals surface area contributed by atoms with Gasteiger partial charge in [0.2, 0.25) is 0 Å². The second-order valence-electron chi connectivity index (χ2n) is 6.48. The number of rotatable bonds is 12. The summed E-state index contributed by atoms with van der Waals surface area (Å²) in [6.45, 7) is 18.5. The van der Waals surface area contributed by atoms with E-state index < -0.39 is 25.7 Å². The van der Waals surface area contributed by atoms with E-state index in [0.717, 1.165) is 19.3 Å². The van der Waals surface area contributed by atoms with Crippen molar-refractivity contribution in [1.29, 1.82) is 0 Å². The van der Waals surface area contributed by atoms with Crippen molar-refractivity contribution >= 4 is 20.1 Å². The van der Waals surface area contributed by atoms with Gasteiger partial charge in [-0.25, -0.2) is 9.59 Å². The van der Waals surface area contributed by atoms with Crippen LogP contribution in [0, 0.1) is 11.8 Å². The van der Waals surface area contributed by atoms with Gasteiger partial charge < -0.3 is 9.26 Å². The molecular weight excluding hydrogens is 335 g/mol. The molecule has 0 N–H and O–H groups in total. The molecule has 0 spiro atoms. The molecule has 0 aliphatic carbocycles. The fourth-order valence-corrected chi connectivity index (χ4v) is 3.08. The third-order valence-electron chi connectivity index (χ3n) is 4.13. The van der Waals surface area contributed by atoms with E-state index >= 15 is 0 Å². The standard InChI is InChI=1S/C20H31O4P/c1-8-17(13-11-12-14-25(7)24-19(22)10-3)15-16(4)20(5,6)23-18(21)9-2/h8-10,12,14,16-17H,1-3,11,13,15H2,4-7H3/b14-12+. The van der Waals surface area contributed by atoms with Gasteiger partial charge in [-0.1, -0.05) is 32.2 Å². The van der Waals surface area contributed by atoms with Crippen LogP contribution in [0.5, 0.6) is 0 Å². The number of allylic oxidation sites excluding steroid dienone is 2. The summed E-state index contributed by atoms with van der Waals surface area (Å²) in [5.41, 5.74) is -0.557. The van der Waals surface area contributed by atoms with Gasteiger partial charge in [0, 0.05) is 12.2 Å². The van der Waals surface area contributed by atoms with Crippen molar-refractivity contribution in [3.8, 4) is 0 Å². The predicted molar refractivity (Wildman–Crippen MR) is 105 cm³/mol. The van der Waals surface area contributed by atoms with Gasteiger partial charge in [0.05, 0.1) is 0 Å². The summed E-state index contributed by atoms with van der Waals surface area (Å²) in [5, 5.41) is 0. The lowest BCUT2D eigenvalue weighted by Crippen LogP contribution is -2.35. The highest BCUT2D eigenvalue weighted by molar-refractivity contribution is 7.55. The number of ether oxygens (including phenoxy) is 1. The molecule has 0 rings (SSSR count). The fourth-order valence-electron chi connectivity index (χ4n) is 2.21. The molecule has 0 heterocycles. The van der Waals surface area contributed by atoms with Crippen molar-refractivity contribution in [2.24, 2.45) is 11.8 Å². The van der Waals surface area contributed by atoms with E-state index in [1.54, 1.807) is 0 Å². The van der Waals surface area contributed by atoms with Gasteiger partial charge in [0.15, 0.2) is 0 Å². The Labute approximate surface area is 153 Å². The molecule has 0 aromatic rings. The largest absolute Gasteiger partial charge is 0.456 e. The quantitative estimate of drug-likeness (QED) is 0.202. The van der Waals surface area contributed by atoms with Crippen LogP contribution < -0.4 is 0 Å². The van der Waals surface area contributed by atoms with Crippen LogP contribution in [0.3, 0.4) is 0 Å². The van der Waals surface area contributed by atoms with Gasteiger partial charge in [-0.2, -0.15) is 0 Å². The Morgan fingerprint density at radius 3 is 2.28 bits per heavy atom. The smallest absolute Gasteiger partial charge is 0.333 e. The summed E-state index contributed by atoms with van der Waals surface area (Å²) < 4.78 is 10.6. The van der Waals surface area contributed by atoms with E-state index in [4.69, 9.17) is 9.26 Å². The third-order valence-corrected chi connectivity index (χ3v) is 5.23. The lowest BCUT2D eigenvalue weighted by atomic mass is 9.83. The molecule has 0 aromatic carbocycles. The molecular formula is C20H31O4P. The first-order valence-electron chi connectivity index (χ1n) is 8.38. The molecule has 25 heavy (non-hydrogen) atoms. The normalized spacial score (nSPS) is 15.0. The number of carbonyl (C=O) groups excluding carboxylic acids is 2. The summed E-state index contributed by atoms with van der Waals surface area (Å²) in [4.78, 5) is 22.6. The molecule has 0 aliphatic heterocycles. The maximum atomic E-state index is 11.5. The van der Waals surface area contributed by atoms with Gasteiger partial charge in [-0.05, 0) is 57.4 Å². The van der Waals surface area contributed by atoms with E-state index in [2.05, 4.69) is 26.7 Å². The second-order valence-corrected chi connectivity index (χ2v) is 8.06. The number of esters is 1. The first-order chi connectivity index (χ1) is 11.7. The minimum atomic E-state index is -0.902. The third kappa shape index (κ3) is 10.0. The zero-order chi connectivity index (χ0) is 19.5. The lowest BCUT2D eigenvalue weighted by Gasteiger charge is -2.33. The van der Waals surface area contributed by atoms with Gasteiger partial charge in [-0.3, -0.25) is 0 Å². The molecule has 0 aliphatic rings. The van der Waals surface area contributed by atoms with E-state index in [9.17, 15) is 9.59 Å². The number of carbonyl (C=O) groups is 2. The molecule has 0 saturated carbocycles. The molecule has 140 valence electrons.